The van der Waals surface area contributed by atoms with Crippen LogP contribution in [0, 0.1) is 5.92 Å². The highest BCUT2D eigenvalue weighted by molar-refractivity contribution is 6.01. The number of carbonyl (C=O) groups excluding carboxylic acids is 3. The van der Waals surface area contributed by atoms with Crippen LogP contribution in [0.4, 0.5) is 0 Å². The number of rotatable bonds is 6. The van der Waals surface area contributed by atoms with Gasteiger partial charge in [0.1, 0.15) is 12.3 Å². The number of hydrogen-bond acceptors (Lipinski definition) is 8. The van der Waals surface area contributed by atoms with Crippen LogP contribution in [0.25, 0.3) is 11.4 Å². The highest BCUT2D eigenvalue weighted by atomic mass is 16.5. The highest BCUT2D eigenvalue weighted by Gasteiger charge is 2.32. The van der Waals surface area contributed by atoms with E-state index in [0.29, 0.717) is 50.5 Å². The number of likely N-dealkylation sites (tertiary alicyclic amines) is 1. The molecule has 3 heterocycles. The minimum atomic E-state index is -0.335. The summed E-state index contributed by atoms with van der Waals surface area (Å²) in [6.07, 6.45) is 1.95. The molecule has 2 aromatic rings. The zero-order valence-electron chi connectivity index (χ0n) is 17.9. The van der Waals surface area contributed by atoms with Crippen LogP contribution in [0.1, 0.15) is 38.5 Å². The van der Waals surface area contributed by atoms with E-state index in [1.807, 2.05) is 30.3 Å². The minimum absolute atomic E-state index is 0.195. The zero-order valence-corrected chi connectivity index (χ0v) is 17.9. The Bertz CT molecular complexity index is 1020. The van der Waals surface area contributed by atoms with Crippen LogP contribution in [0.5, 0.6) is 0 Å². The van der Waals surface area contributed by atoms with Crippen LogP contribution in [-0.4, -0.2) is 69.8 Å². The predicted molar refractivity (Wildman–Crippen MR) is 113 cm³/mol. The molecule has 1 fully saturated rings. The van der Waals surface area contributed by atoms with Gasteiger partial charge in [-0.25, -0.2) is 5.01 Å². The molecule has 168 valence electrons. The molecule has 10 nitrogen and oxygen atoms in total. The molecule has 32 heavy (non-hydrogen) atoms. The summed E-state index contributed by atoms with van der Waals surface area (Å²) in [7, 11) is 0. The second kappa shape index (κ2) is 9.71. The Morgan fingerprint density at radius 3 is 2.81 bits per heavy atom. The first kappa shape index (κ1) is 21.7. The van der Waals surface area contributed by atoms with Crippen molar-refractivity contribution in [1.29, 1.82) is 0 Å². The van der Waals surface area contributed by atoms with Crippen LogP contribution in [0.15, 0.2) is 40.0 Å². The first-order valence-corrected chi connectivity index (χ1v) is 10.8. The van der Waals surface area contributed by atoms with Crippen LogP contribution in [0.2, 0.25) is 0 Å². The molecular weight excluding hydrogens is 414 g/mol. The number of hydrazone groups is 1. The van der Waals surface area contributed by atoms with Gasteiger partial charge in [-0.15, -0.1) is 0 Å². The summed E-state index contributed by atoms with van der Waals surface area (Å²) in [6.45, 7) is 2.70. The summed E-state index contributed by atoms with van der Waals surface area (Å²) in [4.78, 5) is 43.2. The number of ether oxygens (including phenoxy) is 1. The molecule has 2 amide bonds. The highest BCUT2D eigenvalue weighted by Crippen LogP contribution is 2.21. The summed E-state index contributed by atoms with van der Waals surface area (Å²) in [5, 5.41) is 9.47. The number of amides is 2. The van der Waals surface area contributed by atoms with E-state index in [0.717, 1.165) is 10.6 Å². The lowest BCUT2D eigenvalue weighted by Gasteiger charge is -2.33. The van der Waals surface area contributed by atoms with Crippen molar-refractivity contribution in [3.8, 4) is 11.4 Å². The molecule has 0 unspecified atom stereocenters. The molecule has 0 radical (unpaired) electrons. The Kier molecular flexibility index (Phi) is 6.58. The fourth-order valence-electron chi connectivity index (χ4n) is 3.81. The summed E-state index contributed by atoms with van der Waals surface area (Å²) in [6, 6.07) is 9.39. The number of piperidine rings is 1. The van der Waals surface area contributed by atoms with E-state index in [1.165, 1.54) is 0 Å². The molecule has 0 N–H and O–H groups in total. The van der Waals surface area contributed by atoms with Crippen LogP contribution in [-0.2, 0) is 19.1 Å². The van der Waals surface area contributed by atoms with E-state index in [-0.39, 0.29) is 42.6 Å². The topological polar surface area (TPSA) is 118 Å². The summed E-state index contributed by atoms with van der Waals surface area (Å²) in [5.41, 5.74) is 1.28. The van der Waals surface area contributed by atoms with Gasteiger partial charge in [0.05, 0.1) is 12.5 Å². The standard InChI is InChI=1S/C22H25N5O5/c1-2-31-22(30)16-9-6-12-26(13-16)19(29)14-27-18(28)11-10-17(24-27)21-23-20(25-32-21)15-7-4-3-5-8-15/h3-5,7-8,16H,2,6,9-14H2,1H3/t16-/m1/s1. The second-order valence-corrected chi connectivity index (χ2v) is 7.72. The maximum Gasteiger partial charge on any atom is 0.310 e. The van der Waals surface area contributed by atoms with E-state index >= 15 is 0 Å². The van der Waals surface area contributed by atoms with Gasteiger partial charge >= 0.3 is 5.97 Å². The Morgan fingerprint density at radius 2 is 2.03 bits per heavy atom. The molecule has 1 atom stereocenters. The fraction of sp³-hybridized carbons (Fsp3) is 0.455. The van der Waals surface area contributed by atoms with Crippen molar-refractivity contribution < 1.29 is 23.6 Å². The normalized spacial score (nSPS) is 19.0. The van der Waals surface area contributed by atoms with Gasteiger partial charge in [-0.2, -0.15) is 10.1 Å². The van der Waals surface area contributed by atoms with Gasteiger partial charge in [0.2, 0.25) is 17.6 Å². The van der Waals surface area contributed by atoms with E-state index < -0.39 is 0 Å². The van der Waals surface area contributed by atoms with E-state index in [2.05, 4.69) is 15.2 Å². The van der Waals surface area contributed by atoms with Gasteiger partial charge in [0.15, 0.2) is 0 Å². The van der Waals surface area contributed by atoms with Crippen molar-refractivity contribution in [2.45, 2.75) is 32.6 Å². The number of nitrogens with zero attached hydrogens (tertiary/aromatic N) is 5. The quantitative estimate of drug-likeness (QED) is 0.631. The fourth-order valence-corrected chi connectivity index (χ4v) is 3.81. The second-order valence-electron chi connectivity index (χ2n) is 7.72. The summed E-state index contributed by atoms with van der Waals surface area (Å²) >= 11 is 0. The summed E-state index contributed by atoms with van der Waals surface area (Å²) < 4.78 is 10.4. The van der Waals surface area contributed by atoms with Crippen molar-refractivity contribution in [2.24, 2.45) is 11.0 Å². The minimum Gasteiger partial charge on any atom is -0.466 e. The van der Waals surface area contributed by atoms with Gasteiger partial charge in [0.25, 0.3) is 5.89 Å². The number of hydrogen-bond donors (Lipinski definition) is 0. The number of aromatic nitrogens is 2. The molecule has 0 saturated carbocycles. The SMILES string of the molecule is CCOC(=O)[C@@H]1CCCN(C(=O)CN2N=C(c3nc(-c4ccccc4)no3)CCC2=O)C1. The molecular formula is C22H25N5O5. The molecule has 0 bridgehead atoms. The van der Waals surface area contributed by atoms with Crippen molar-refractivity contribution in [3.63, 3.8) is 0 Å². The van der Waals surface area contributed by atoms with Gasteiger partial charge in [0, 0.05) is 31.5 Å². The summed E-state index contributed by atoms with van der Waals surface area (Å²) in [5.74, 6) is -0.462. The van der Waals surface area contributed by atoms with E-state index in [1.54, 1.807) is 11.8 Å². The molecule has 10 heteroatoms. The third-order valence-corrected chi connectivity index (χ3v) is 5.49. The van der Waals surface area contributed by atoms with Gasteiger partial charge in [-0.1, -0.05) is 35.5 Å². The van der Waals surface area contributed by atoms with Crippen LogP contribution in [0.3, 0.4) is 0 Å². The molecule has 2 aliphatic heterocycles. The Morgan fingerprint density at radius 1 is 1.22 bits per heavy atom. The van der Waals surface area contributed by atoms with E-state index in [9.17, 15) is 14.4 Å². The lowest BCUT2D eigenvalue weighted by atomic mass is 9.98. The molecule has 4 rings (SSSR count). The first-order valence-electron chi connectivity index (χ1n) is 10.8. The molecule has 1 aromatic carbocycles. The smallest absolute Gasteiger partial charge is 0.310 e. The van der Waals surface area contributed by atoms with Crippen molar-refractivity contribution in [2.75, 3.05) is 26.2 Å². The number of benzene rings is 1. The molecule has 1 aromatic heterocycles. The van der Waals surface area contributed by atoms with Gasteiger partial charge in [-0.3, -0.25) is 14.4 Å². The van der Waals surface area contributed by atoms with Gasteiger partial charge < -0.3 is 14.2 Å². The van der Waals surface area contributed by atoms with Crippen molar-refractivity contribution in [1.82, 2.24) is 20.0 Å². The average Bonchev–Trinajstić information content (AvgIpc) is 3.32. The lowest BCUT2D eigenvalue weighted by molar-refractivity contribution is -0.152. The van der Waals surface area contributed by atoms with Crippen molar-refractivity contribution in [3.05, 3.63) is 36.2 Å². The average molecular weight is 439 g/mol. The maximum atomic E-state index is 12.8. The third-order valence-electron chi connectivity index (χ3n) is 5.49. The molecule has 2 aliphatic rings. The molecule has 0 spiro atoms. The first-order chi connectivity index (χ1) is 15.5. The monoisotopic (exact) mass is 439 g/mol. The Labute approximate surface area is 185 Å². The number of esters is 1. The van der Waals surface area contributed by atoms with Crippen molar-refractivity contribution >= 4 is 23.5 Å². The van der Waals surface area contributed by atoms with Crippen LogP contribution >= 0.6 is 0 Å². The van der Waals surface area contributed by atoms with Gasteiger partial charge in [-0.05, 0) is 19.8 Å². The van der Waals surface area contributed by atoms with Crippen LogP contribution < -0.4 is 0 Å². The number of carbonyl (C=O) groups is 3. The third kappa shape index (κ3) is 4.84. The Balaban J connectivity index is 1.44. The lowest BCUT2D eigenvalue weighted by Crippen LogP contribution is -2.47. The maximum absolute atomic E-state index is 12.8. The zero-order chi connectivity index (χ0) is 22.5. The predicted octanol–water partition coefficient (Wildman–Crippen LogP) is 1.86. The molecule has 1 saturated heterocycles. The largest absolute Gasteiger partial charge is 0.466 e. The molecule has 0 aliphatic carbocycles. The Hall–Kier alpha value is -3.56. The van der Waals surface area contributed by atoms with E-state index in [4.69, 9.17) is 9.26 Å².